The van der Waals surface area contributed by atoms with E-state index in [1.54, 1.807) is 6.20 Å². The molecule has 0 atom stereocenters. The van der Waals surface area contributed by atoms with Gasteiger partial charge in [-0.1, -0.05) is 12.0 Å². The summed E-state index contributed by atoms with van der Waals surface area (Å²) in [7, 11) is 0. The molecule has 0 saturated heterocycles. The molecule has 0 bridgehead atoms. The number of hydrogen-bond acceptors (Lipinski definition) is 2. The highest BCUT2D eigenvalue weighted by molar-refractivity contribution is 5.55. The first-order valence-corrected chi connectivity index (χ1v) is 4.26. The van der Waals surface area contributed by atoms with Crippen molar-refractivity contribution in [3.05, 3.63) is 36.3 Å². The molecule has 2 heterocycles. The molecule has 0 unspecified atom stereocenters. The lowest BCUT2D eigenvalue weighted by Gasteiger charge is -1.91. The zero-order chi connectivity index (χ0) is 9.80. The molecule has 0 N–H and O–H groups in total. The Morgan fingerprint density at radius 2 is 2.43 bits per heavy atom. The van der Waals surface area contributed by atoms with Gasteiger partial charge in [0.15, 0.2) is 0 Å². The highest BCUT2D eigenvalue weighted by atomic mass is 16.1. The van der Waals surface area contributed by atoms with E-state index in [1.165, 1.54) is 0 Å². The zero-order valence-electron chi connectivity index (χ0n) is 7.47. The summed E-state index contributed by atoms with van der Waals surface area (Å²) in [6.45, 7) is 0. The average molecular weight is 184 g/mol. The third-order valence-electron chi connectivity index (χ3n) is 1.82. The summed E-state index contributed by atoms with van der Waals surface area (Å²) in [4.78, 5) is 14.2. The number of aromatic nitrogens is 2. The van der Waals surface area contributed by atoms with Crippen LogP contribution >= 0.6 is 0 Å². The number of nitrogens with zero attached hydrogens (tertiary/aromatic N) is 2. The van der Waals surface area contributed by atoms with Gasteiger partial charge < -0.3 is 4.79 Å². The summed E-state index contributed by atoms with van der Waals surface area (Å²) in [5.41, 5.74) is 1.67. The topological polar surface area (TPSA) is 34.4 Å². The fraction of sp³-hybridized carbons (Fsp3) is 0.0909. The lowest BCUT2D eigenvalue weighted by atomic mass is 10.4. The lowest BCUT2D eigenvalue weighted by Crippen LogP contribution is -1.85. The quantitative estimate of drug-likeness (QED) is 0.494. The molecule has 0 spiro atoms. The summed E-state index contributed by atoms with van der Waals surface area (Å²) in [6, 6.07) is 5.75. The van der Waals surface area contributed by atoms with Crippen LogP contribution in [0.1, 0.15) is 12.1 Å². The van der Waals surface area contributed by atoms with Crippen molar-refractivity contribution in [2.75, 3.05) is 0 Å². The van der Waals surface area contributed by atoms with Crippen molar-refractivity contribution in [1.82, 2.24) is 9.38 Å². The summed E-state index contributed by atoms with van der Waals surface area (Å²) >= 11 is 0. The summed E-state index contributed by atoms with van der Waals surface area (Å²) in [5.74, 6) is 5.64. The van der Waals surface area contributed by atoms with Crippen molar-refractivity contribution < 1.29 is 4.79 Å². The SMILES string of the molecule is O=CCC#Cc1cnc2ccccn12. The standard InChI is InChI=1S/C11H8N2O/c14-8-4-2-5-10-9-12-11-6-1-3-7-13(10)11/h1,3,6-9H,4H2. The predicted octanol–water partition coefficient (Wildman–Crippen LogP) is 1.27. The van der Waals surface area contributed by atoms with Crippen LogP contribution in [0.5, 0.6) is 0 Å². The molecule has 0 aliphatic rings. The largest absolute Gasteiger partial charge is 0.302 e. The average Bonchev–Trinajstić information content (AvgIpc) is 2.63. The van der Waals surface area contributed by atoms with E-state index in [9.17, 15) is 4.79 Å². The maximum Gasteiger partial charge on any atom is 0.137 e. The second-order valence-electron chi connectivity index (χ2n) is 2.74. The van der Waals surface area contributed by atoms with Crippen molar-refractivity contribution in [2.45, 2.75) is 6.42 Å². The summed E-state index contributed by atoms with van der Waals surface area (Å²) in [6.07, 6.45) is 4.65. The molecule has 3 nitrogen and oxygen atoms in total. The predicted molar refractivity (Wildman–Crippen MR) is 52.8 cm³/mol. The van der Waals surface area contributed by atoms with Gasteiger partial charge >= 0.3 is 0 Å². The van der Waals surface area contributed by atoms with Gasteiger partial charge in [0.05, 0.1) is 12.6 Å². The van der Waals surface area contributed by atoms with Crippen molar-refractivity contribution in [2.24, 2.45) is 0 Å². The second-order valence-corrected chi connectivity index (χ2v) is 2.74. The Labute approximate surface area is 81.4 Å². The van der Waals surface area contributed by atoms with Crippen LogP contribution in [0, 0.1) is 11.8 Å². The van der Waals surface area contributed by atoms with Gasteiger partial charge in [-0.15, -0.1) is 0 Å². The molecule has 3 heteroatoms. The van der Waals surface area contributed by atoms with Gasteiger partial charge in [0.2, 0.25) is 0 Å². The third-order valence-corrected chi connectivity index (χ3v) is 1.82. The van der Waals surface area contributed by atoms with Gasteiger partial charge in [-0.25, -0.2) is 4.98 Å². The molecule has 0 radical (unpaired) electrons. The van der Waals surface area contributed by atoms with Crippen molar-refractivity contribution in [3.63, 3.8) is 0 Å². The Bertz CT molecular complexity index is 517. The number of hydrogen-bond donors (Lipinski definition) is 0. The molecule has 0 aliphatic heterocycles. The van der Waals surface area contributed by atoms with Gasteiger partial charge in [0.1, 0.15) is 17.6 Å². The van der Waals surface area contributed by atoms with Gasteiger partial charge in [0, 0.05) is 6.20 Å². The molecule has 68 valence electrons. The molecule has 2 aromatic heterocycles. The Morgan fingerprint density at radius 1 is 1.50 bits per heavy atom. The van der Waals surface area contributed by atoms with Crippen LogP contribution in [0.25, 0.3) is 5.65 Å². The first-order chi connectivity index (χ1) is 6.92. The van der Waals surface area contributed by atoms with Crippen LogP contribution in [0.4, 0.5) is 0 Å². The highest BCUT2D eigenvalue weighted by Gasteiger charge is 1.96. The maximum absolute atomic E-state index is 10.1. The molecule has 0 aromatic carbocycles. The number of rotatable bonds is 1. The molecule has 0 fully saturated rings. The van der Waals surface area contributed by atoms with E-state index in [0.717, 1.165) is 17.6 Å². The first-order valence-electron chi connectivity index (χ1n) is 4.26. The van der Waals surface area contributed by atoms with E-state index in [4.69, 9.17) is 0 Å². The van der Waals surface area contributed by atoms with Crippen molar-refractivity contribution in [3.8, 4) is 11.8 Å². The minimum Gasteiger partial charge on any atom is -0.302 e. The van der Waals surface area contributed by atoms with Crippen LogP contribution in [0.2, 0.25) is 0 Å². The van der Waals surface area contributed by atoms with Gasteiger partial charge in [-0.05, 0) is 18.1 Å². The van der Waals surface area contributed by atoms with Crippen molar-refractivity contribution in [1.29, 1.82) is 0 Å². The number of carbonyl (C=O) groups is 1. The summed E-state index contributed by atoms with van der Waals surface area (Å²) in [5, 5.41) is 0. The second kappa shape index (κ2) is 3.75. The number of aldehydes is 1. The van der Waals surface area contributed by atoms with Crippen LogP contribution in [0.3, 0.4) is 0 Å². The highest BCUT2D eigenvalue weighted by Crippen LogP contribution is 2.03. The molecular weight excluding hydrogens is 176 g/mol. The minimum atomic E-state index is 0.264. The fourth-order valence-corrected chi connectivity index (χ4v) is 1.21. The first kappa shape index (κ1) is 8.52. The summed E-state index contributed by atoms with van der Waals surface area (Å²) < 4.78 is 1.89. The zero-order valence-corrected chi connectivity index (χ0v) is 7.47. The normalized spacial score (nSPS) is 9.43. The van der Waals surface area contributed by atoms with E-state index in [1.807, 2.05) is 28.8 Å². The van der Waals surface area contributed by atoms with Crippen LogP contribution in [-0.4, -0.2) is 15.7 Å². The molecule has 14 heavy (non-hydrogen) atoms. The van der Waals surface area contributed by atoms with Crippen LogP contribution < -0.4 is 0 Å². The van der Waals surface area contributed by atoms with Crippen molar-refractivity contribution >= 4 is 11.9 Å². The molecule has 0 amide bonds. The molecule has 2 aromatic rings. The van der Waals surface area contributed by atoms with E-state index in [2.05, 4.69) is 16.8 Å². The number of pyridine rings is 1. The van der Waals surface area contributed by atoms with E-state index >= 15 is 0 Å². The Morgan fingerprint density at radius 3 is 3.29 bits per heavy atom. The number of carbonyl (C=O) groups excluding carboxylic acids is 1. The minimum absolute atomic E-state index is 0.264. The van der Waals surface area contributed by atoms with E-state index < -0.39 is 0 Å². The lowest BCUT2D eigenvalue weighted by molar-refractivity contribution is -0.107. The van der Waals surface area contributed by atoms with Crippen LogP contribution in [-0.2, 0) is 4.79 Å². The Balaban J connectivity index is 2.44. The molecule has 0 aliphatic carbocycles. The smallest absolute Gasteiger partial charge is 0.137 e. The number of imidazole rings is 1. The van der Waals surface area contributed by atoms with E-state index in [0.29, 0.717) is 0 Å². The van der Waals surface area contributed by atoms with E-state index in [-0.39, 0.29) is 6.42 Å². The fourth-order valence-electron chi connectivity index (χ4n) is 1.21. The number of fused-ring (bicyclic) bond motifs is 1. The van der Waals surface area contributed by atoms with Crippen LogP contribution in [0.15, 0.2) is 30.6 Å². The van der Waals surface area contributed by atoms with Gasteiger partial charge in [-0.2, -0.15) is 0 Å². The van der Waals surface area contributed by atoms with Gasteiger partial charge in [0.25, 0.3) is 0 Å². The Hall–Kier alpha value is -2.08. The molecule has 2 rings (SSSR count). The monoisotopic (exact) mass is 184 g/mol. The Kier molecular flexibility index (Phi) is 2.28. The molecular formula is C11H8N2O. The molecule has 0 saturated carbocycles. The maximum atomic E-state index is 10.1. The third kappa shape index (κ3) is 1.50. The van der Waals surface area contributed by atoms with Gasteiger partial charge in [-0.3, -0.25) is 4.40 Å².